The molecule has 1 rings (SSSR count). The number of esters is 1. The first-order valence-corrected chi connectivity index (χ1v) is 5.45. The average Bonchev–Trinajstić information content (AvgIpc) is 2.56. The molecule has 1 heterocycles. The summed E-state index contributed by atoms with van der Waals surface area (Å²) >= 11 is 0. The molecule has 16 heavy (non-hydrogen) atoms. The molecule has 2 N–H and O–H groups in total. The molecule has 1 aliphatic rings. The zero-order valence-electron chi connectivity index (χ0n) is 9.60. The molecule has 0 unspecified atom stereocenters. The Morgan fingerprint density at radius 2 is 2.25 bits per heavy atom. The van der Waals surface area contributed by atoms with Crippen LogP contribution in [-0.2, 0) is 14.3 Å². The Morgan fingerprint density at radius 3 is 2.81 bits per heavy atom. The lowest BCUT2D eigenvalue weighted by atomic mass is 10.1. The van der Waals surface area contributed by atoms with Crippen LogP contribution in [0.25, 0.3) is 0 Å². The summed E-state index contributed by atoms with van der Waals surface area (Å²) in [5, 5.41) is 18.3. The van der Waals surface area contributed by atoms with E-state index >= 15 is 0 Å². The zero-order valence-corrected chi connectivity index (χ0v) is 9.60. The van der Waals surface area contributed by atoms with Crippen molar-refractivity contribution in [1.29, 1.82) is 0 Å². The van der Waals surface area contributed by atoms with Crippen LogP contribution >= 0.6 is 0 Å². The third-order valence-electron chi connectivity index (χ3n) is 2.46. The van der Waals surface area contributed by atoms with Crippen molar-refractivity contribution in [2.45, 2.75) is 38.9 Å². The Kier molecular flexibility index (Phi) is 4.76. The largest absolute Gasteiger partial charge is 0.493 e. The maximum absolute atomic E-state index is 11.3. The molecule has 2 atom stereocenters. The second kappa shape index (κ2) is 5.86. The number of hydrogen-bond acceptors (Lipinski definition) is 5. The molecule has 0 bridgehead atoms. The second-order valence-corrected chi connectivity index (χ2v) is 3.77. The third-order valence-corrected chi connectivity index (χ3v) is 2.46. The van der Waals surface area contributed by atoms with E-state index < -0.39 is 24.8 Å². The Labute approximate surface area is 94.7 Å². The maximum atomic E-state index is 11.3. The minimum atomic E-state index is -1.13. The summed E-state index contributed by atoms with van der Waals surface area (Å²) in [6.45, 7) is 3.63. The Balaban J connectivity index is 2.69. The van der Waals surface area contributed by atoms with Crippen LogP contribution in [0.3, 0.4) is 0 Å². The van der Waals surface area contributed by atoms with Crippen molar-refractivity contribution < 1.29 is 24.5 Å². The Bertz CT molecular complexity index is 284. The van der Waals surface area contributed by atoms with Crippen LogP contribution in [0.4, 0.5) is 0 Å². The number of aliphatic hydroxyl groups is 2. The highest BCUT2D eigenvalue weighted by atomic mass is 16.6. The highest BCUT2D eigenvalue weighted by molar-refractivity contribution is 5.91. The van der Waals surface area contributed by atoms with Crippen LogP contribution in [0, 0.1) is 0 Å². The van der Waals surface area contributed by atoms with Crippen LogP contribution in [0.15, 0.2) is 11.3 Å². The minimum Gasteiger partial charge on any atom is -0.493 e. The maximum Gasteiger partial charge on any atom is 0.338 e. The summed E-state index contributed by atoms with van der Waals surface area (Å²) in [5.41, 5.74) is 0.369. The first-order chi connectivity index (χ1) is 7.61. The molecule has 0 amide bonds. The molecule has 0 saturated heterocycles. The fourth-order valence-corrected chi connectivity index (χ4v) is 1.44. The Hall–Kier alpha value is -1.07. The van der Waals surface area contributed by atoms with E-state index in [9.17, 15) is 9.90 Å². The molecule has 0 saturated carbocycles. The van der Waals surface area contributed by atoms with E-state index in [1.54, 1.807) is 6.92 Å². The molecule has 5 heteroatoms. The topological polar surface area (TPSA) is 76.0 Å². The molecule has 0 fully saturated rings. The predicted octanol–water partition coefficient (Wildman–Crippen LogP) is 0.356. The number of carbonyl (C=O) groups is 1. The fourth-order valence-electron chi connectivity index (χ4n) is 1.44. The van der Waals surface area contributed by atoms with Crippen molar-refractivity contribution in [2.75, 3.05) is 13.2 Å². The van der Waals surface area contributed by atoms with Crippen molar-refractivity contribution in [2.24, 2.45) is 0 Å². The SMILES string of the molecule is CCCCOC1=C(C)C(=O)O[C@@H]1[C@@H](O)CO. The summed E-state index contributed by atoms with van der Waals surface area (Å²) in [6, 6.07) is 0. The predicted molar refractivity (Wildman–Crippen MR) is 56.5 cm³/mol. The van der Waals surface area contributed by atoms with Gasteiger partial charge in [-0.2, -0.15) is 0 Å². The second-order valence-electron chi connectivity index (χ2n) is 3.77. The highest BCUT2D eigenvalue weighted by Gasteiger charge is 2.37. The van der Waals surface area contributed by atoms with Crippen LogP contribution in [0.5, 0.6) is 0 Å². The van der Waals surface area contributed by atoms with Gasteiger partial charge in [0.2, 0.25) is 0 Å². The van der Waals surface area contributed by atoms with E-state index in [2.05, 4.69) is 0 Å². The van der Waals surface area contributed by atoms with Gasteiger partial charge in [-0.15, -0.1) is 0 Å². The van der Waals surface area contributed by atoms with E-state index in [0.29, 0.717) is 17.9 Å². The molecule has 0 radical (unpaired) electrons. The number of ether oxygens (including phenoxy) is 2. The van der Waals surface area contributed by atoms with Crippen LogP contribution in [0.1, 0.15) is 26.7 Å². The number of carbonyl (C=O) groups excluding carboxylic acids is 1. The standard InChI is InChI=1S/C11H18O5/c1-3-4-5-15-9-7(2)11(14)16-10(9)8(13)6-12/h8,10,12-13H,3-6H2,1-2H3/t8-,10+/m0/s1. The molecule has 0 aromatic rings. The first-order valence-electron chi connectivity index (χ1n) is 5.45. The fraction of sp³-hybridized carbons (Fsp3) is 0.727. The lowest BCUT2D eigenvalue weighted by molar-refractivity contribution is -0.146. The van der Waals surface area contributed by atoms with E-state index in [-0.39, 0.29) is 0 Å². The molecule has 92 valence electrons. The molecule has 1 aliphatic heterocycles. The molecule has 0 spiro atoms. The number of aliphatic hydroxyl groups excluding tert-OH is 2. The molecule has 0 aliphatic carbocycles. The van der Waals surface area contributed by atoms with Crippen LogP contribution in [0.2, 0.25) is 0 Å². The number of unbranched alkanes of at least 4 members (excludes halogenated alkanes) is 1. The number of rotatable bonds is 6. The van der Waals surface area contributed by atoms with Gasteiger partial charge in [-0.1, -0.05) is 13.3 Å². The van der Waals surface area contributed by atoms with Crippen LogP contribution < -0.4 is 0 Å². The summed E-state index contributed by atoms with van der Waals surface area (Å²) in [5.74, 6) is -0.149. The quantitative estimate of drug-likeness (QED) is 0.509. The third kappa shape index (κ3) is 2.74. The molecular formula is C11H18O5. The van der Waals surface area contributed by atoms with Gasteiger partial charge in [0.05, 0.1) is 18.8 Å². The van der Waals surface area contributed by atoms with E-state index in [0.717, 1.165) is 12.8 Å². The molecule has 0 aromatic carbocycles. The van der Waals surface area contributed by atoms with Crippen molar-refractivity contribution in [1.82, 2.24) is 0 Å². The highest BCUT2D eigenvalue weighted by Crippen LogP contribution is 2.26. The van der Waals surface area contributed by atoms with Gasteiger partial charge in [-0.3, -0.25) is 0 Å². The minimum absolute atomic E-state index is 0.347. The molecule has 0 aromatic heterocycles. The van der Waals surface area contributed by atoms with Gasteiger partial charge in [0.15, 0.2) is 6.10 Å². The van der Waals surface area contributed by atoms with Crippen molar-refractivity contribution in [3.05, 3.63) is 11.3 Å². The first kappa shape index (κ1) is 13.0. The van der Waals surface area contributed by atoms with Gasteiger partial charge in [0, 0.05) is 0 Å². The smallest absolute Gasteiger partial charge is 0.338 e. The van der Waals surface area contributed by atoms with E-state index in [1.165, 1.54) is 0 Å². The number of hydrogen-bond donors (Lipinski definition) is 2. The van der Waals surface area contributed by atoms with E-state index in [1.807, 2.05) is 6.92 Å². The van der Waals surface area contributed by atoms with Gasteiger partial charge in [0.1, 0.15) is 11.9 Å². The van der Waals surface area contributed by atoms with Crippen LogP contribution in [-0.4, -0.2) is 41.6 Å². The molecule has 5 nitrogen and oxygen atoms in total. The summed E-state index contributed by atoms with van der Waals surface area (Å²) in [6.07, 6.45) is -0.145. The summed E-state index contributed by atoms with van der Waals surface area (Å²) in [7, 11) is 0. The summed E-state index contributed by atoms with van der Waals surface area (Å²) < 4.78 is 10.3. The van der Waals surface area contributed by atoms with Gasteiger partial charge in [-0.05, 0) is 13.3 Å². The van der Waals surface area contributed by atoms with Crippen molar-refractivity contribution >= 4 is 5.97 Å². The van der Waals surface area contributed by atoms with Crippen molar-refractivity contribution in [3.8, 4) is 0 Å². The lowest BCUT2D eigenvalue weighted by Gasteiger charge is -2.18. The van der Waals surface area contributed by atoms with E-state index in [4.69, 9.17) is 14.6 Å². The monoisotopic (exact) mass is 230 g/mol. The van der Waals surface area contributed by atoms with Crippen molar-refractivity contribution in [3.63, 3.8) is 0 Å². The van der Waals surface area contributed by atoms with Gasteiger partial charge in [0.25, 0.3) is 0 Å². The normalized spacial score (nSPS) is 22.2. The molecular weight excluding hydrogens is 212 g/mol. The van der Waals surface area contributed by atoms with Gasteiger partial charge in [-0.25, -0.2) is 4.79 Å². The lowest BCUT2D eigenvalue weighted by Crippen LogP contribution is -2.32. The van der Waals surface area contributed by atoms with Gasteiger partial charge >= 0.3 is 5.97 Å². The van der Waals surface area contributed by atoms with Gasteiger partial charge < -0.3 is 19.7 Å². The zero-order chi connectivity index (χ0) is 12.1. The average molecular weight is 230 g/mol. The Morgan fingerprint density at radius 1 is 1.56 bits per heavy atom. The summed E-state index contributed by atoms with van der Waals surface area (Å²) in [4.78, 5) is 11.3. The number of cyclic esters (lactones) is 1.